The van der Waals surface area contributed by atoms with Crippen molar-refractivity contribution in [2.24, 2.45) is 5.73 Å². The van der Waals surface area contributed by atoms with E-state index < -0.39 is 4.92 Å². The molecule has 2 N–H and O–H groups in total. The highest BCUT2D eigenvalue weighted by Crippen LogP contribution is 2.28. The van der Waals surface area contributed by atoms with Gasteiger partial charge in [0, 0.05) is 25.2 Å². The number of rotatable bonds is 4. The summed E-state index contributed by atoms with van der Waals surface area (Å²) < 4.78 is 4.99. The predicted molar refractivity (Wildman–Crippen MR) is 72.1 cm³/mol. The molecule has 104 valence electrons. The number of piperidine rings is 1. The van der Waals surface area contributed by atoms with Crippen molar-refractivity contribution in [1.82, 2.24) is 4.90 Å². The lowest BCUT2D eigenvalue weighted by Crippen LogP contribution is -2.42. The summed E-state index contributed by atoms with van der Waals surface area (Å²) in [6.07, 6.45) is 2.14. The van der Waals surface area contributed by atoms with E-state index in [1.54, 1.807) is 12.1 Å². The zero-order valence-electron chi connectivity index (χ0n) is 11.0. The van der Waals surface area contributed by atoms with Crippen molar-refractivity contribution < 1.29 is 9.66 Å². The molecule has 19 heavy (non-hydrogen) atoms. The zero-order chi connectivity index (χ0) is 13.8. The van der Waals surface area contributed by atoms with Crippen LogP contribution in [-0.2, 0) is 6.54 Å². The van der Waals surface area contributed by atoms with Gasteiger partial charge in [-0.15, -0.1) is 0 Å². The maximum Gasteiger partial charge on any atom is 0.311 e. The molecule has 1 saturated heterocycles. The molecule has 0 radical (unpaired) electrons. The van der Waals surface area contributed by atoms with Crippen molar-refractivity contribution in [1.29, 1.82) is 0 Å². The minimum atomic E-state index is -0.412. The van der Waals surface area contributed by atoms with E-state index in [1.165, 1.54) is 7.11 Å². The first-order chi connectivity index (χ1) is 9.10. The normalized spacial score (nSPS) is 20.2. The Kier molecular flexibility index (Phi) is 4.34. The summed E-state index contributed by atoms with van der Waals surface area (Å²) in [5, 5.41) is 11.0. The van der Waals surface area contributed by atoms with Crippen LogP contribution in [0.1, 0.15) is 18.4 Å². The number of nitrogens with two attached hydrogens (primary N) is 1. The molecule has 1 aromatic carbocycles. The van der Waals surface area contributed by atoms with Gasteiger partial charge in [-0.3, -0.25) is 15.0 Å². The number of nitro groups is 1. The second kappa shape index (κ2) is 5.99. The van der Waals surface area contributed by atoms with Gasteiger partial charge in [-0.1, -0.05) is 6.07 Å². The standard InChI is InChI=1S/C13H19N3O3/c1-19-13-5-4-10(7-12(13)16(17)18)8-15-6-2-3-11(14)9-15/h4-5,7,11H,2-3,6,8-9,14H2,1H3. The average Bonchev–Trinajstić information content (AvgIpc) is 2.38. The topological polar surface area (TPSA) is 81.6 Å². The number of methoxy groups -OCH3 is 1. The summed E-state index contributed by atoms with van der Waals surface area (Å²) >= 11 is 0. The molecule has 1 atom stereocenters. The van der Waals surface area contributed by atoms with Crippen LogP contribution in [0.2, 0.25) is 0 Å². The minimum Gasteiger partial charge on any atom is -0.490 e. The lowest BCUT2D eigenvalue weighted by atomic mass is 10.1. The molecule has 0 aromatic heterocycles. The first kappa shape index (κ1) is 13.8. The third-order valence-corrected chi connectivity index (χ3v) is 3.39. The van der Waals surface area contributed by atoms with Crippen LogP contribution in [0.25, 0.3) is 0 Å². The van der Waals surface area contributed by atoms with E-state index in [0.717, 1.165) is 31.5 Å². The minimum absolute atomic E-state index is 0.0151. The van der Waals surface area contributed by atoms with Crippen molar-refractivity contribution >= 4 is 5.69 Å². The lowest BCUT2D eigenvalue weighted by molar-refractivity contribution is -0.385. The van der Waals surface area contributed by atoms with E-state index in [-0.39, 0.29) is 11.7 Å². The van der Waals surface area contributed by atoms with Crippen LogP contribution in [-0.4, -0.2) is 36.1 Å². The Balaban J connectivity index is 2.12. The molecule has 2 rings (SSSR count). The largest absolute Gasteiger partial charge is 0.490 e. The average molecular weight is 265 g/mol. The summed E-state index contributed by atoms with van der Waals surface area (Å²) in [6.45, 7) is 2.53. The molecule has 0 spiro atoms. The first-order valence-electron chi connectivity index (χ1n) is 6.39. The van der Waals surface area contributed by atoms with E-state index in [2.05, 4.69) is 4.90 Å². The molecular formula is C13H19N3O3. The fraction of sp³-hybridized carbons (Fsp3) is 0.538. The number of likely N-dealkylation sites (tertiary alicyclic amines) is 1. The van der Waals surface area contributed by atoms with Crippen LogP contribution in [0, 0.1) is 10.1 Å². The molecule has 1 aliphatic rings. The molecule has 1 fully saturated rings. The zero-order valence-corrected chi connectivity index (χ0v) is 11.0. The highest BCUT2D eigenvalue weighted by atomic mass is 16.6. The maximum atomic E-state index is 11.0. The van der Waals surface area contributed by atoms with E-state index in [0.29, 0.717) is 12.3 Å². The molecule has 6 nitrogen and oxygen atoms in total. The van der Waals surface area contributed by atoms with Gasteiger partial charge in [0.25, 0.3) is 0 Å². The number of hydrogen-bond acceptors (Lipinski definition) is 5. The van der Waals surface area contributed by atoms with Gasteiger partial charge in [-0.2, -0.15) is 0 Å². The molecule has 1 aliphatic heterocycles. The van der Waals surface area contributed by atoms with Crippen LogP contribution < -0.4 is 10.5 Å². The predicted octanol–water partition coefficient (Wildman–Crippen LogP) is 1.53. The fourth-order valence-electron chi connectivity index (χ4n) is 2.47. The van der Waals surface area contributed by atoms with Crippen LogP contribution in [0.3, 0.4) is 0 Å². The summed E-state index contributed by atoms with van der Waals surface area (Å²) in [6, 6.07) is 5.31. The van der Waals surface area contributed by atoms with Crippen molar-refractivity contribution in [3.63, 3.8) is 0 Å². The van der Waals surface area contributed by atoms with E-state index in [4.69, 9.17) is 10.5 Å². The van der Waals surface area contributed by atoms with E-state index in [9.17, 15) is 10.1 Å². The van der Waals surface area contributed by atoms with Crippen molar-refractivity contribution in [2.75, 3.05) is 20.2 Å². The number of benzene rings is 1. The van der Waals surface area contributed by atoms with Gasteiger partial charge in [0.15, 0.2) is 5.75 Å². The SMILES string of the molecule is COc1ccc(CN2CCCC(N)C2)cc1[N+](=O)[O-]. The third-order valence-electron chi connectivity index (χ3n) is 3.39. The summed E-state index contributed by atoms with van der Waals surface area (Å²) in [5.41, 5.74) is 6.87. The van der Waals surface area contributed by atoms with Gasteiger partial charge in [-0.25, -0.2) is 0 Å². The van der Waals surface area contributed by atoms with Gasteiger partial charge < -0.3 is 10.5 Å². The molecule has 1 aromatic rings. The first-order valence-corrected chi connectivity index (χ1v) is 6.39. The third kappa shape index (κ3) is 3.42. The molecule has 0 aliphatic carbocycles. The van der Waals surface area contributed by atoms with Crippen molar-refractivity contribution in [2.45, 2.75) is 25.4 Å². The number of nitrogens with zero attached hydrogens (tertiary/aromatic N) is 2. The Hall–Kier alpha value is -1.66. The Labute approximate surface area is 112 Å². The number of hydrogen-bond donors (Lipinski definition) is 1. The maximum absolute atomic E-state index is 11.0. The molecule has 1 heterocycles. The van der Waals surface area contributed by atoms with Gasteiger partial charge >= 0.3 is 5.69 Å². The lowest BCUT2D eigenvalue weighted by Gasteiger charge is -2.30. The second-order valence-corrected chi connectivity index (χ2v) is 4.90. The van der Waals surface area contributed by atoms with Gasteiger partial charge in [0.2, 0.25) is 0 Å². The Bertz CT molecular complexity index is 464. The van der Waals surface area contributed by atoms with Crippen LogP contribution in [0.5, 0.6) is 5.75 Å². The number of nitro benzene ring substituents is 1. The second-order valence-electron chi connectivity index (χ2n) is 4.90. The summed E-state index contributed by atoms with van der Waals surface area (Å²) in [5.74, 6) is 0.295. The van der Waals surface area contributed by atoms with Crippen molar-refractivity contribution in [3.8, 4) is 5.75 Å². The molecule has 6 heteroatoms. The molecule has 0 bridgehead atoms. The van der Waals surface area contributed by atoms with E-state index >= 15 is 0 Å². The number of ether oxygens (including phenoxy) is 1. The Morgan fingerprint density at radius 1 is 1.58 bits per heavy atom. The smallest absolute Gasteiger partial charge is 0.311 e. The monoisotopic (exact) mass is 265 g/mol. The van der Waals surface area contributed by atoms with Crippen LogP contribution in [0.15, 0.2) is 18.2 Å². The quantitative estimate of drug-likeness (QED) is 0.659. The summed E-state index contributed by atoms with van der Waals surface area (Å²) in [4.78, 5) is 12.8. The Morgan fingerprint density at radius 2 is 2.37 bits per heavy atom. The highest BCUT2D eigenvalue weighted by molar-refractivity contribution is 5.48. The molecule has 1 unspecified atom stereocenters. The fourth-order valence-corrected chi connectivity index (χ4v) is 2.47. The van der Waals surface area contributed by atoms with Crippen LogP contribution >= 0.6 is 0 Å². The molecule has 0 amide bonds. The van der Waals surface area contributed by atoms with Crippen molar-refractivity contribution in [3.05, 3.63) is 33.9 Å². The summed E-state index contributed by atoms with van der Waals surface area (Å²) in [7, 11) is 1.44. The van der Waals surface area contributed by atoms with Crippen LogP contribution in [0.4, 0.5) is 5.69 Å². The van der Waals surface area contributed by atoms with Gasteiger partial charge in [0.1, 0.15) is 0 Å². The Morgan fingerprint density at radius 3 is 3.00 bits per heavy atom. The molecule has 0 saturated carbocycles. The van der Waals surface area contributed by atoms with Gasteiger partial charge in [0.05, 0.1) is 12.0 Å². The van der Waals surface area contributed by atoms with Gasteiger partial charge in [-0.05, 0) is 31.0 Å². The highest BCUT2D eigenvalue weighted by Gasteiger charge is 2.19. The van der Waals surface area contributed by atoms with E-state index in [1.807, 2.05) is 6.07 Å². The molecular weight excluding hydrogens is 246 g/mol.